The lowest BCUT2D eigenvalue weighted by atomic mass is 9.84. The number of halogens is 7. The molecule has 0 bridgehead atoms. The molecule has 6 aliphatic rings. The number of hydrogen-bond acceptors (Lipinski definition) is 20. The van der Waals surface area contributed by atoms with E-state index in [0.29, 0.717) is 39.5 Å². The Morgan fingerprint density at radius 2 is 0.672 bits per heavy atom. The number of nitrogens with zero attached hydrogens (tertiary/aromatic N) is 22. The number of pyridine rings is 6. The molecule has 33 heteroatoms. The minimum absolute atomic E-state index is 0.0584. The van der Waals surface area contributed by atoms with Gasteiger partial charge in [0.2, 0.25) is 5.92 Å². The monoisotopic (exact) mass is 1920 g/mol. The van der Waals surface area contributed by atoms with Crippen LogP contribution in [-0.2, 0) is 14.2 Å². The third-order valence-corrected chi connectivity index (χ3v) is 26.8. The van der Waals surface area contributed by atoms with Crippen molar-refractivity contribution >= 4 is 135 Å². The second kappa shape index (κ2) is 42.3. The molecule has 0 spiro atoms. The highest BCUT2D eigenvalue weighted by Gasteiger charge is 2.38. The fourth-order valence-electron chi connectivity index (χ4n) is 18.5. The molecule has 18 aromatic rings. The summed E-state index contributed by atoms with van der Waals surface area (Å²) in [6, 6.07) is 56.0. The first-order valence-corrected chi connectivity index (χ1v) is 48.0. The standard InChI is InChI=1S/C18H16ClF2N3.C18H18FN3O.2C17H17ClN4O.C17H17ClN4.C17H18N4O/c19-13-1-3-14(4-2-13)24-16-11-22-10-7-15(16)17(23-24)12-5-8-18(20,21)9-6-12;1-12-2-3-16(15(19)10-12)22-17-11-20-7-4-14(17)18(21-22)13-5-8-23-9-6-13;1-12-11-21(8-9-23-12)17-15-6-7-19-10-16(15)22(20-17)14-4-2-13(18)3-5-14;18-12-1-3-13(4-2-12)22-16-11-19-8-5-15(16)17(20-22)21-9-6-14(23)7-10-21;18-13-4-6-14(7-5-13)22-16-12-19-9-8-15(16)17(20-22)21-10-2-1-3-11-21;1-13-2-4-14(5-3-13)21-16-12-18-7-6-15(16)17(19-21)20-8-10-22-11-9-20/h1-4,7,10-12H,5-6,8-9H2;2-4,7,10-11,13H,5-6,8-9H2,1H3;2-7,10,12H,8-9,11H2,1H3;1-5,8,11,14,23H,6-7,9-10H2;4-9,12H,1-3,10-11H2;2-7,12H,8-11H2,1H3. The number of piperidine rings is 2. The maximum absolute atomic E-state index is 14.4. The fourth-order valence-corrected chi connectivity index (χ4v) is 19.0. The van der Waals surface area contributed by atoms with E-state index in [0.717, 1.165) is 250 Å². The number of hydrogen-bond donors (Lipinski definition) is 1. The van der Waals surface area contributed by atoms with E-state index >= 15 is 0 Å². The van der Waals surface area contributed by atoms with Crippen molar-refractivity contribution in [3.8, 4) is 34.1 Å². The van der Waals surface area contributed by atoms with Crippen molar-refractivity contribution in [2.45, 2.75) is 121 Å². The molecular formula is C104H103Cl4F3N22O4. The second-order valence-corrected chi connectivity index (χ2v) is 36.8. The molecule has 5 saturated heterocycles. The average molecular weight is 1920 g/mol. The molecule has 1 aliphatic carbocycles. The summed E-state index contributed by atoms with van der Waals surface area (Å²) in [7, 11) is 0. The molecule has 1 atom stereocenters. The van der Waals surface area contributed by atoms with Gasteiger partial charge in [-0.15, -0.1) is 20.4 Å². The summed E-state index contributed by atoms with van der Waals surface area (Å²) in [6.45, 7) is 17.0. The predicted octanol–water partition coefficient (Wildman–Crippen LogP) is 22.1. The molecule has 26 nitrogen and oxygen atoms in total. The molecule has 24 rings (SSSR count). The lowest BCUT2D eigenvalue weighted by Crippen LogP contribution is -2.41. The van der Waals surface area contributed by atoms with Gasteiger partial charge in [0.05, 0.1) is 142 Å². The summed E-state index contributed by atoms with van der Waals surface area (Å²) >= 11 is 23.9. The topological polar surface area (TPSA) is 245 Å². The average Bonchev–Trinajstić information content (AvgIpc) is 1.62. The van der Waals surface area contributed by atoms with Crippen molar-refractivity contribution in [2.75, 3.05) is 105 Å². The number of anilines is 4. The van der Waals surface area contributed by atoms with Gasteiger partial charge in [-0.25, -0.2) is 41.3 Å². The third-order valence-electron chi connectivity index (χ3n) is 25.8. The van der Waals surface area contributed by atoms with E-state index in [1.165, 1.54) is 30.9 Å². The predicted molar refractivity (Wildman–Crippen MR) is 536 cm³/mol. The zero-order valence-corrected chi connectivity index (χ0v) is 79.1. The number of aliphatic hydroxyl groups excluding tert-OH is 1. The van der Waals surface area contributed by atoms with Gasteiger partial charge in [0.1, 0.15) is 11.5 Å². The first kappa shape index (κ1) is 93.1. The summed E-state index contributed by atoms with van der Waals surface area (Å²) in [5.41, 5.74) is 15.1. The molecule has 1 unspecified atom stereocenters. The van der Waals surface area contributed by atoms with Crippen LogP contribution in [0.4, 0.5) is 36.4 Å². The number of morpholine rings is 2. The highest BCUT2D eigenvalue weighted by Crippen LogP contribution is 2.44. The van der Waals surface area contributed by atoms with Gasteiger partial charge in [-0.3, -0.25) is 29.9 Å². The van der Waals surface area contributed by atoms with Crippen LogP contribution in [0.2, 0.25) is 20.1 Å². The molecular weight excluding hydrogens is 1820 g/mol. The van der Waals surface area contributed by atoms with Crippen LogP contribution in [0, 0.1) is 19.7 Å². The minimum atomic E-state index is -2.54. The lowest BCUT2D eigenvalue weighted by Gasteiger charge is -2.31. The van der Waals surface area contributed by atoms with Gasteiger partial charge in [0.15, 0.2) is 23.3 Å². The van der Waals surface area contributed by atoms with Crippen molar-refractivity contribution in [1.82, 2.24) is 88.6 Å². The summed E-state index contributed by atoms with van der Waals surface area (Å²) in [6.07, 6.45) is 29.7. The Labute approximate surface area is 810 Å². The highest BCUT2D eigenvalue weighted by molar-refractivity contribution is 6.31. The number of rotatable bonds is 12. The lowest BCUT2D eigenvalue weighted by molar-refractivity contribution is -0.0384. The van der Waals surface area contributed by atoms with Gasteiger partial charge in [0.25, 0.3) is 0 Å². The largest absolute Gasteiger partial charge is 0.393 e. The van der Waals surface area contributed by atoms with Crippen molar-refractivity contribution in [3.05, 3.63) is 299 Å². The zero-order chi connectivity index (χ0) is 94.0. The number of aryl methyl sites for hydroxylation is 2. The van der Waals surface area contributed by atoms with Crippen LogP contribution in [0.1, 0.15) is 112 Å². The molecule has 12 aromatic heterocycles. The Kier molecular flexibility index (Phi) is 28.8. The molecule has 1 N–H and O–H groups in total. The van der Waals surface area contributed by atoms with Crippen LogP contribution < -0.4 is 19.6 Å². The quantitative estimate of drug-likeness (QED) is 0.119. The minimum Gasteiger partial charge on any atom is -0.393 e. The molecule has 6 fully saturated rings. The Morgan fingerprint density at radius 3 is 1.08 bits per heavy atom. The summed E-state index contributed by atoms with van der Waals surface area (Å²) in [5, 5.41) is 47.9. The maximum Gasteiger partial charge on any atom is 0.248 e. The van der Waals surface area contributed by atoms with Crippen LogP contribution in [0.15, 0.2) is 250 Å². The third kappa shape index (κ3) is 21.1. The van der Waals surface area contributed by atoms with Gasteiger partial charge in [-0.05, 0) is 242 Å². The Morgan fingerprint density at radius 1 is 0.343 bits per heavy atom. The molecule has 5 aliphatic heterocycles. The fraction of sp³-hybridized carbons (Fsp3) is 0.308. The normalized spacial score (nSPS) is 16.6. The highest BCUT2D eigenvalue weighted by atomic mass is 35.5. The van der Waals surface area contributed by atoms with Crippen LogP contribution in [0.5, 0.6) is 0 Å². The number of alkyl halides is 2. The number of benzene rings is 6. The van der Waals surface area contributed by atoms with E-state index in [2.05, 4.69) is 93.7 Å². The zero-order valence-electron chi connectivity index (χ0n) is 76.1. The van der Waals surface area contributed by atoms with Crippen molar-refractivity contribution < 1.29 is 32.5 Å². The van der Waals surface area contributed by atoms with Crippen LogP contribution in [0.25, 0.3) is 99.5 Å². The van der Waals surface area contributed by atoms with E-state index in [9.17, 15) is 18.3 Å². The summed E-state index contributed by atoms with van der Waals surface area (Å²) < 4.78 is 69.2. The van der Waals surface area contributed by atoms with E-state index in [-0.39, 0.29) is 36.8 Å². The van der Waals surface area contributed by atoms with E-state index in [1.807, 2.05) is 207 Å². The first-order valence-electron chi connectivity index (χ1n) is 46.5. The van der Waals surface area contributed by atoms with Crippen LogP contribution in [-0.4, -0.2) is 197 Å². The summed E-state index contributed by atoms with van der Waals surface area (Å²) in [5.74, 6) is 1.61. The molecule has 6 aromatic carbocycles. The van der Waals surface area contributed by atoms with Crippen molar-refractivity contribution in [1.29, 1.82) is 0 Å². The Balaban J connectivity index is 0.000000105. The van der Waals surface area contributed by atoms with Crippen molar-refractivity contribution in [3.63, 3.8) is 0 Å². The Bertz CT molecular complexity index is 7010. The maximum atomic E-state index is 14.4. The van der Waals surface area contributed by atoms with Crippen LogP contribution >= 0.6 is 46.4 Å². The molecule has 702 valence electrons. The smallest absolute Gasteiger partial charge is 0.248 e. The van der Waals surface area contributed by atoms with E-state index in [1.54, 1.807) is 41.7 Å². The first-order chi connectivity index (χ1) is 66.9. The van der Waals surface area contributed by atoms with Gasteiger partial charge in [0, 0.05) is 180 Å². The van der Waals surface area contributed by atoms with E-state index < -0.39 is 5.92 Å². The molecule has 1 saturated carbocycles. The number of aliphatic hydroxyl groups is 1. The SMILES string of the molecule is CC1CN(c2nn(-c3ccc(Cl)cc3)c3cnccc23)CCO1.Cc1ccc(-n2nc(C3CCOCC3)c3ccncc32)c(F)c1.Cc1ccc(-n2nc(N3CCOCC3)c3ccncc32)cc1.Clc1ccc(-n2nc(N3CCCCC3)c3ccncc32)cc1.FC1(F)CCC(c2nn(-c3ccc(Cl)cc3)c3cnccc23)CC1.OC1CCN(c2nn(-c3ccc(Cl)cc3)c3cnccc23)CC1. The molecule has 17 heterocycles. The molecule has 0 radical (unpaired) electrons. The van der Waals surface area contributed by atoms with Gasteiger partial charge < -0.3 is 38.9 Å². The van der Waals surface area contributed by atoms with Crippen LogP contribution in [0.3, 0.4) is 0 Å². The van der Waals surface area contributed by atoms with Gasteiger partial charge in [-0.2, -0.15) is 10.2 Å². The number of aromatic nitrogens is 18. The van der Waals surface area contributed by atoms with Gasteiger partial charge >= 0.3 is 0 Å². The van der Waals surface area contributed by atoms with E-state index in [4.69, 9.17) is 91.2 Å². The number of ether oxygens (including phenoxy) is 3. The second-order valence-electron chi connectivity index (χ2n) is 35.1. The van der Waals surface area contributed by atoms with Crippen molar-refractivity contribution in [2.24, 2.45) is 0 Å². The summed E-state index contributed by atoms with van der Waals surface area (Å²) in [4.78, 5) is 34.6. The molecule has 137 heavy (non-hydrogen) atoms. The Hall–Kier alpha value is -13.0. The number of fused-ring (bicyclic) bond motifs is 6. The van der Waals surface area contributed by atoms with Gasteiger partial charge in [-0.1, -0.05) is 70.2 Å². The molecule has 0 amide bonds.